The average Bonchev–Trinajstić information content (AvgIpc) is 2.32. The number of ether oxygens (including phenoxy) is 1. The molecule has 0 bridgehead atoms. The first kappa shape index (κ1) is 18.6. The second-order valence-electron chi connectivity index (χ2n) is 3.82. The molecular formula is C10H11Cl6N3O. The van der Waals surface area contributed by atoms with Crippen molar-refractivity contribution in [2.75, 3.05) is 6.61 Å². The van der Waals surface area contributed by atoms with Crippen molar-refractivity contribution in [1.29, 1.82) is 0 Å². The molecule has 0 unspecified atom stereocenters. The van der Waals surface area contributed by atoms with Crippen LogP contribution in [0.15, 0.2) is 0 Å². The summed E-state index contributed by atoms with van der Waals surface area (Å²) >= 11 is 34.4. The van der Waals surface area contributed by atoms with Gasteiger partial charge in [-0.05, 0) is 6.42 Å². The Morgan fingerprint density at radius 3 is 1.75 bits per heavy atom. The molecule has 0 spiro atoms. The molecule has 0 saturated heterocycles. The zero-order valence-electron chi connectivity index (χ0n) is 10.3. The highest BCUT2D eigenvalue weighted by atomic mass is 35.6. The second kappa shape index (κ2) is 7.70. The summed E-state index contributed by atoms with van der Waals surface area (Å²) in [6.07, 6.45) is 2.91. The van der Waals surface area contributed by atoms with Crippen molar-refractivity contribution in [3.8, 4) is 6.01 Å². The van der Waals surface area contributed by atoms with Gasteiger partial charge in [0, 0.05) is 0 Å². The maximum absolute atomic E-state index is 5.73. The predicted molar refractivity (Wildman–Crippen MR) is 83.3 cm³/mol. The number of aromatic nitrogens is 3. The Morgan fingerprint density at radius 1 is 0.850 bits per heavy atom. The van der Waals surface area contributed by atoms with Crippen LogP contribution in [-0.2, 0) is 7.59 Å². The Hall–Kier alpha value is 0.550. The maximum Gasteiger partial charge on any atom is 0.320 e. The van der Waals surface area contributed by atoms with Crippen LogP contribution >= 0.6 is 69.6 Å². The van der Waals surface area contributed by atoms with E-state index in [1.165, 1.54) is 0 Å². The minimum absolute atomic E-state index is 0.0428. The fraction of sp³-hybridized carbons (Fsp3) is 0.700. The van der Waals surface area contributed by atoms with Crippen LogP contribution in [-0.4, -0.2) is 21.6 Å². The molecule has 1 rings (SSSR count). The Bertz CT molecular complexity index is 413. The molecule has 0 radical (unpaired) electrons. The molecule has 1 aromatic rings. The van der Waals surface area contributed by atoms with Gasteiger partial charge in [-0.1, -0.05) is 89.4 Å². The van der Waals surface area contributed by atoms with E-state index in [1.807, 2.05) is 0 Å². The molecule has 0 saturated carbocycles. The average molecular weight is 402 g/mol. The molecule has 0 aliphatic carbocycles. The van der Waals surface area contributed by atoms with E-state index >= 15 is 0 Å². The fourth-order valence-corrected chi connectivity index (χ4v) is 1.70. The molecule has 0 atom stereocenters. The van der Waals surface area contributed by atoms with Crippen molar-refractivity contribution in [2.45, 2.75) is 33.8 Å². The Kier molecular flexibility index (Phi) is 7.16. The lowest BCUT2D eigenvalue weighted by Gasteiger charge is -2.15. The van der Waals surface area contributed by atoms with E-state index in [1.54, 1.807) is 0 Å². The molecule has 0 amide bonds. The van der Waals surface area contributed by atoms with Gasteiger partial charge in [0.15, 0.2) is 11.6 Å². The van der Waals surface area contributed by atoms with Crippen LogP contribution in [0, 0.1) is 0 Å². The molecule has 4 nitrogen and oxygen atoms in total. The minimum atomic E-state index is -1.87. The number of unbranched alkanes of at least 4 members (excludes halogenated alkanes) is 2. The number of rotatable bonds is 5. The summed E-state index contributed by atoms with van der Waals surface area (Å²) in [5, 5.41) is 0. The largest absolute Gasteiger partial charge is 0.463 e. The third-order valence-corrected chi connectivity index (χ3v) is 3.12. The Morgan fingerprint density at radius 2 is 1.35 bits per heavy atom. The molecule has 1 aromatic heterocycles. The van der Waals surface area contributed by atoms with Crippen LogP contribution in [0.25, 0.3) is 0 Å². The van der Waals surface area contributed by atoms with Crippen molar-refractivity contribution in [1.82, 2.24) is 15.0 Å². The molecule has 10 heteroatoms. The molecule has 20 heavy (non-hydrogen) atoms. The van der Waals surface area contributed by atoms with Crippen LogP contribution < -0.4 is 4.74 Å². The van der Waals surface area contributed by atoms with Crippen molar-refractivity contribution in [3.63, 3.8) is 0 Å². The van der Waals surface area contributed by atoms with E-state index in [-0.39, 0.29) is 17.7 Å². The van der Waals surface area contributed by atoms with E-state index in [2.05, 4.69) is 21.9 Å². The summed E-state index contributed by atoms with van der Waals surface area (Å²) in [5.74, 6) is -0.325. The highest BCUT2D eigenvalue weighted by Gasteiger charge is 2.34. The number of alkyl halides is 6. The number of hydrogen-bond donors (Lipinski definition) is 0. The van der Waals surface area contributed by atoms with Gasteiger partial charge < -0.3 is 4.74 Å². The highest BCUT2D eigenvalue weighted by Crippen LogP contribution is 2.40. The third-order valence-electron chi connectivity index (χ3n) is 2.10. The number of hydrogen-bond acceptors (Lipinski definition) is 4. The van der Waals surface area contributed by atoms with E-state index in [0.29, 0.717) is 6.61 Å². The molecule has 0 aliphatic rings. The van der Waals surface area contributed by atoms with E-state index < -0.39 is 7.59 Å². The molecule has 0 aliphatic heterocycles. The lowest BCUT2D eigenvalue weighted by molar-refractivity contribution is 0.279. The summed E-state index contributed by atoms with van der Waals surface area (Å²) in [4.78, 5) is 11.6. The molecule has 0 aromatic carbocycles. The second-order valence-corrected chi connectivity index (χ2v) is 8.38. The van der Waals surface area contributed by atoms with Crippen LogP contribution in [0.1, 0.15) is 37.8 Å². The van der Waals surface area contributed by atoms with Crippen molar-refractivity contribution in [3.05, 3.63) is 11.6 Å². The van der Waals surface area contributed by atoms with Gasteiger partial charge in [0.2, 0.25) is 7.59 Å². The number of halogens is 6. The van der Waals surface area contributed by atoms with Gasteiger partial charge in [-0.3, -0.25) is 0 Å². The first-order chi connectivity index (χ1) is 9.14. The van der Waals surface area contributed by atoms with Gasteiger partial charge in [-0.15, -0.1) is 0 Å². The van der Waals surface area contributed by atoms with Crippen LogP contribution in [0.4, 0.5) is 0 Å². The molecular weight excluding hydrogens is 391 g/mol. The minimum Gasteiger partial charge on any atom is -0.463 e. The van der Waals surface area contributed by atoms with Gasteiger partial charge in [-0.2, -0.15) is 9.97 Å². The van der Waals surface area contributed by atoms with Gasteiger partial charge >= 0.3 is 6.01 Å². The predicted octanol–water partition coefficient (Wildman–Crippen LogP) is 5.09. The molecule has 1 heterocycles. The summed E-state index contributed by atoms with van der Waals surface area (Å²) in [5.41, 5.74) is 0. The lowest BCUT2D eigenvalue weighted by Crippen LogP contribution is -2.17. The topological polar surface area (TPSA) is 47.9 Å². The summed E-state index contributed by atoms with van der Waals surface area (Å²) < 4.78 is 1.63. The van der Waals surface area contributed by atoms with Gasteiger partial charge in [0.1, 0.15) is 0 Å². The summed E-state index contributed by atoms with van der Waals surface area (Å²) in [6.45, 7) is 2.49. The van der Waals surface area contributed by atoms with Crippen molar-refractivity contribution >= 4 is 69.6 Å². The molecule has 114 valence electrons. The normalized spacial score (nSPS) is 12.6. The fourth-order valence-electron chi connectivity index (χ4n) is 1.19. The quantitative estimate of drug-likeness (QED) is 0.509. The summed E-state index contributed by atoms with van der Waals surface area (Å²) in [6, 6.07) is -0.0428. The van der Waals surface area contributed by atoms with Crippen molar-refractivity contribution < 1.29 is 4.74 Å². The van der Waals surface area contributed by atoms with Crippen LogP contribution in [0.3, 0.4) is 0 Å². The maximum atomic E-state index is 5.73. The molecule has 0 N–H and O–H groups in total. The summed E-state index contributed by atoms with van der Waals surface area (Å²) in [7, 11) is 0. The Labute approximate surface area is 147 Å². The number of nitrogens with zero attached hydrogens (tertiary/aromatic N) is 3. The third kappa shape index (κ3) is 6.12. The van der Waals surface area contributed by atoms with E-state index in [0.717, 1.165) is 19.3 Å². The van der Waals surface area contributed by atoms with Gasteiger partial charge in [-0.25, -0.2) is 4.98 Å². The standard InChI is InChI=1S/C10H11Cl6N3O/c1-2-3-4-5-20-8-18-6(9(11,12)13)17-7(19-8)10(14,15)16/h2-5H2,1H3. The zero-order chi connectivity index (χ0) is 15.4. The Balaban J connectivity index is 2.99. The first-order valence-corrected chi connectivity index (χ1v) is 7.94. The lowest BCUT2D eigenvalue weighted by atomic mass is 10.3. The monoisotopic (exact) mass is 399 g/mol. The van der Waals surface area contributed by atoms with Crippen LogP contribution in [0.5, 0.6) is 6.01 Å². The SMILES string of the molecule is CCCCCOc1nc(C(Cl)(Cl)Cl)nc(C(Cl)(Cl)Cl)n1. The zero-order valence-corrected chi connectivity index (χ0v) is 14.9. The smallest absolute Gasteiger partial charge is 0.320 e. The van der Waals surface area contributed by atoms with Gasteiger partial charge in [0.05, 0.1) is 6.61 Å². The van der Waals surface area contributed by atoms with Crippen molar-refractivity contribution in [2.24, 2.45) is 0 Å². The first-order valence-electron chi connectivity index (χ1n) is 5.68. The highest BCUT2D eigenvalue weighted by molar-refractivity contribution is 6.67. The molecule has 0 fully saturated rings. The van der Waals surface area contributed by atoms with Crippen LogP contribution in [0.2, 0.25) is 0 Å². The van der Waals surface area contributed by atoms with E-state index in [4.69, 9.17) is 74.3 Å². The van der Waals surface area contributed by atoms with Gasteiger partial charge in [0.25, 0.3) is 0 Å². The van der Waals surface area contributed by atoms with E-state index in [9.17, 15) is 0 Å².